The Hall–Kier alpha value is -3.19. The summed E-state index contributed by atoms with van der Waals surface area (Å²) >= 11 is 0. The molecule has 27 heavy (non-hydrogen) atoms. The maximum absolute atomic E-state index is 13.8. The zero-order valence-electron chi connectivity index (χ0n) is 14.5. The summed E-state index contributed by atoms with van der Waals surface area (Å²) in [5.41, 5.74) is 1.29. The van der Waals surface area contributed by atoms with Gasteiger partial charge in [0.1, 0.15) is 17.4 Å². The third-order valence-corrected chi connectivity index (χ3v) is 4.33. The van der Waals surface area contributed by atoms with Crippen molar-refractivity contribution in [1.29, 1.82) is 0 Å². The van der Waals surface area contributed by atoms with E-state index in [0.717, 1.165) is 18.8 Å². The van der Waals surface area contributed by atoms with E-state index >= 15 is 0 Å². The molecule has 0 atom stereocenters. The van der Waals surface area contributed by atoms with Gasteiger partial charge in [-0.3, -0.25) is 4.79 Å². The number of carbonyl (C=O) groups excluding carboxylic acids is 1. The average Bonchev–Trinajstić information content (AvgIpc) is 3.20. The maximum atomic E-state index is 13.8. The minimum atomic E-state index is -0.441. The highest BCUT2D eigenvalue weighted by atomic mass is 19.1. The molecular weight excluding hydrogens is 349 g/mol. The number of hydrogen-bond acceptors (Lipinski definition) is 5. The predicted octanol–water partition coefficient (Wildman–Crippen LogP) is 3.57. The van der Waals surface area contributed by atoms with Crippen molar-refractivity contribution in [1.82, 2.24) is 4.98 Å². The van der Waals surface area contributed by atoms with Crippen LogP contribution >= 0.6 is 0 Å². The minimum Gasteiger partial charge on any atom is -0.451 e. The lowest BCUT2D eigenvalue weighted by molar-refractivity contribution is 0.0997. The molecular formula is C20H18FN3O3. The molecule has 2 aromatic heterocycles. The smallest absolute Gasteiger partial charge is 0.292 e. The van der Waals surface area contributed by atoms with Crippen molar-refractivity contribution in [3.63, 3.8) is 0 Å². The average molecular weight is 367 g/mol. The van der Waals surface area contributed by atoms with Crippen molar-refractivity contribution >= 4 is 17.4 Å². The van der Waals surface area contributed by atoms with Crippen LogP contribution in [0.1, 0.15) is 10.6 Å². The van der Waals surface area contributed by atoms with Gasteiger partial charge < -0.3 is 19.4 Å². The Morgan fingerprint density at radius 3 is 2.63 bits per heavy atom. The highest BCUT2D eigenvalue weighted by Crippen LogP contribution is 2.25. The topological polar surface area (TPSA) is 67.6 Å². The van der Waals surface area contributed by atoms with E-state index < -0.39 is 11.7 Å². The van der Waals surface area contributed by atoms with E-state index in [9.17, 15) is 9.18 Å². The third kappa shape index (κ3) is 3.83. The van der Waals surface area contributed by atoms with Crippen LogP contribution < -0.4 is 10.2 Å². The number of pyridine rings is 1. The van der Waals surface area contributed by atoms with Crippen LogP contribution in [0.25, 0.3) is 11.3 Å². The van der Waals surface area contributed by atoms with Gasteiger partial charge in [-0.25, -0.2) is 9.37 Å². The van der Waals surface area contributed by atoms with Gasteiger partial charge in [0.2, 0.25) is 0 Å². The quantitative estimate of drug-likeness (QED) is 0.764. The second-order valence-corrected chi connectivity index (χ2v) is 6.10. The molecule has 7 heteroatoms. The Balaban J connectivity index is 1.44. The molecule has 1 saturated heterocycles. The Labute approximate surface area is 155 Å². The fourth-order valence-electron chi connectivity index (χ4n) is 2.91. The van der Waals surface area contributed by atoms with E-state index in [-0.39, 0.29) is 5.76 Å². The predicted molar refractivity (Wildman–Crippen MR) is 99.3 cm³/mol. The minimum absolute atomic E-state index is 0.0901. The number of anilines is 2. The number of carbonyl (C=O) groups is 1. The molecule has 0 unspecified atom stereocenters. The number of hydrogen-bond donors (Lipinski definition) is 1. The number of amides is 1. The SMILES string of the molecule is O=C(Nc1ccc(N2CCOCC2)cn1)c1ccc(-c2ccccc2F)o1. The molecule has 3 aromatic rings. The number of ether oxygens (including phenoxy) is 1. The van der Waals surface area contributed by atoms with Gasteiger partial charge in [0.05, 0.1) is 30.7 Å². The molecule has 1 aliphatic rings. The summed E-state index contributed by atoms with van der Waals surface area (Å²) in [5.74, 6) is -0.0366. The lowest BCUT2D eigenvalue weighted by Gasteiger charge is -2.28. The number of nitrogens with one attached hydrogen (secondary N) is 1. The fraction of sp³-hybridized carbons (Fsp3) is 0.200. The number of benzene rings is 1. The summed E-state index contributed by atoms with van der Waals surface area (Å²) in [6.07, 6.45) is 1.72. The molecule has 1 fully saturated rings. The van der Waals surface area contributed by atoms with Gasteiger partial charge in [0.25, 0.3) is 5.91 Å². The summed E-state index contributed by atoms with van der Waals surface area (Å²) in [7, 11) is 0. The molecule has 6 nitrogen and oxygen atoms in total. The number of rotatable bonds is 4. The van der Waals surface area contributed by atoms with E-state index in [2.05, 4.69) is 15.2 Å². The van der Waals surface area contributed by atoms with Gasteiger partial charge >= 0.3 is 0 Å². The first kappa shape index (κ1) is 17.2. The maximum Gasteiger partial charge on any atom is 0.292 e. The summed E-state index contributed by atoms with van der Waals surface area (Å²) < 4.78 is 24.7. The molecule has 1 amide bonds. The first-order chi connectivity index (χ1) is 13.2. The van der Waals surface area contributed by atoms with Crippen LogP contribution in [0.15, 0.2) is 59.1 Å². The number of aromatic nitrogens is 1. The highest BCUT2D eigenvalue weighted by molar-refractivity contribution is 6.02. The van der Waals surface area contributed by atoms with Gasteiger partial charge in [-0.15, -0.1) is 0 Å². The van der Waals surface area contributed by atoms with Crippen LogP contribution in [0, 0.1) is 5.82 Å². The van der Waals surface area contributed by atoms with E-state index in [4.69, 9.17) is 9.15 Å². The Morgan fingerprint density at radius 1 is 1.07 bits per heavy atom. The summed E-state index contributed by atoms with van der Waals surface area (Å²) in [4.78, 5) is 18.8. The second kappa shape index (κ2) is 7.59. The number of furan rings is 1. The molecule has 1 N–H and O–H groups in total. The van der Waals surface area contributed by atoms with Gasteiger partial charge in [-0.1, -0.05) is 12.1 Å². The standard InChI is InChI=1S/C20H18FN3O3/c21-16-4-2-1-3-15(16)17-6-7-18(27-17)20(25)23-19-8-5-14(13-22-19)24-9-11-26-12-10-24/h1-8,13H,9-12H2,(H,22,23,25). The molecule has 138 valence electrons. The second-order valence-electron chi connectivity index (χ2n) is 6.10. The number of nitrogens with zero attached hydrogens (tertiary/aromatic N) is 2. The fourth-order valence-corrected chi connectivity index (χ4v) is 2.91. The molecule has 1 aromatic carbocycles. The van der Waals surface area contributed by atoms with Crippen LogP contribution in [0.2, 0.25) is 0 Å². The Bertz CT molecular complexity index is 934. The van der Waals surface area contributed by atoms with E-state index in [1.165, 1.54) is 12.1 Å². The van der Waals surface area contributed by atoms with Crippen LogP contribution in [-0.4, -0.2) is 37.2 Å². The number of halogens is 1. The van der Waals surface area contributed by atoms with Crippen molar-refractivity contribution in [2.45, 2.75) is 0 Å². The first-order valence-electron chi connectivity index (χ1n) is 8.65. The summed E-state index contributed by atoms with van der Waals surface area (Å²) in [5, 5.41) is 2.69. The molecule has 4 rings (SSSR count). The van der Waals surface area contributed by atoms with Crippen LogP contribution in [0.3, 0.4) is 0 Å². The first-order valence-corrected chi connectivity index (χ1v) is 8.65. The van der Waals surface area contributed by atoms with Gasteiger partial charge in [-0.2, -0.15) is 0 Å². The van der Waals surface area contributed by atoms with Crippen LogP contribution in [0.4, 0.5) is 15.9 Å². The zero-order valence-corrected chi connectivity index (χ0v) is 14.5. The van der Waals surface area contributed by atoms with E-state index in [1.54, 1.807) is 36.5 Å². The lowest BCUT2D eigenvalue weighted by atomic mass is 10.1. The molecule has 0 radical (unpaired) electrons. The van der Waals surface area contributed by atoms with Crippen molar-refractivity contribution in [2.24, 2.45) is 0 Å². The molecule has 0 aliphatic carbocycles. The number of morpholine rings is 1. The van der Waals surface area contributed by atoms with Crippen molar-refractivity contribution in [3.05, 3.63) is 66.3 Å². The third-order valence-electron chi connectivity index (χ3n) is 4.33. The van der Waals surface area contributed by atoms with Crippen molar-refractivity contribution in [3.8, 4) is 11.3 Å². The molecule has 0 spiro atoms. The van der Waals surface area contributed by atoms with Crippen LogP contribution in [-0.2, 0) is 4.74 Å². The molecule has 1 aliphatic heterocycles. The van der Waals surface area contributed by atoms with Gasteiger partial charge in [0.15, 0.2) is 5.76 Å². The zero-order chi connectivity index (χ0) is 18.6. The molecule has 0 bridgehead atoms. The van der Waals surface area contributed by atoms with Crippen molar-refractivity contribution < 1.29 is 18.3 Å². The van der Waals surface area contributed by atoms with E-state index in [0.29, 0.717) is 30.4 Å². The van der Waals surface area contributed by atoms with E-state index in [1.807, 2.05) is 6.07 Å². The summed E-state index contributed by atoms with van der Waals surface area (Å²) in [6.45, 7) is 3.03. The Morgan fingerprint density at radius 2 is 1.89 bits per heavy atom. The molecule has 3 heterocycles. The monoisotopic (exact) mass is 367 g/mol. The largest absolute Gasteiger partial charge is 0.451 e. The van der Waals surface area contributed by atoms with Crippen molar-refractivity contribution in [2.75, 3.05) is 36.5 Å². The lowest BCUT2D eigenvalue weighted by Crippen LogP contribution is -2.36. The Kier molecular flexibility index (Phi) is 4.84. The van der Waals surface area contributed by atoms with Crippen LogP contribution in [0.5, 0.6) is 0 Å². The highest BCUT2D eigenvalue weighted by Gasteiger charge is 2.16. The normalized spacial score (nSPS) is 14.2. The van der Waals surface area contributed by atoms with Gasteiger partial charge in [-0.05, 0) is 36.4 Å². The molecule has 0 saturated carbocycles. The summed E-state index contributed by atoms with van der Waals surface area (Å²) in [6, 6.07) is 13.0. The van der Waals surface area contributed by atoms with Gasteiger partial charge in [0, 0.05) is 13.1 Å².